The largest absolute Gasteiger partial charge is 0.486 e. The van der Waals surface area contributed by atoms with Crippen LogP contribution in [-0.4, -0.2) is 31.2 Å². The minimum Gasteiger partial charge on any atom is -0.486 e. The first-order chi connectivity index (χ1) is 10.8. The Morgan fingerprint density at radius 2 is 1.95 bits per heavy atom. The van der Waals surface area contributed by atoms with E-state index in [1.165, 1.54) is 25.7 Å². The van der Waals surface area contributed by atoms with Gasteiger partial charge in [0.2, 0.25) is 5.91 Å². The van der Waals surface area contributed by atoms with Gasteiger partial charge in [-0.15, -0.1) is 0 Å². The molecule has 1 saturated heterocycles. The van der Waals surface area contributed by atoms with Gasteiger partial charge in [-0.25, -0.2) is 0 Å². The lowest BCUT2D eigenvalue weighted by Gasteiger charge is -2.24. The molecule has 22 heavy (non-hydrogen) atoms. The van der Waals surface area contributed by atoms with Gasteiger partial charge in [0.05, 0.1) is 6.04 Å². The highest BCUT2D eigenvalue weighted by Crippen LogP contribution is 2.35. The average molecular weight is 302 g/mol. The Morgan fingerprint density at radius 3 is 2.82 bits per heavy atom. The molecule has 1 aliphatic carbocycles. The van der Waals surface area contributed by atoms with Crippen LogP contribution < -0.4 is 20.1 Å². The van der Waals surface area contributed by atoms with Gasteiger partial charge in [-0.05, 0) is 37.3 Å². The second-order valence-corrected chi connectivity index (χ2v) is 6.45. The van der Waals surface area contributed by atoms with Crippen molar-refractivity contribution in [3.63, 3.8) is 0 Å². The molecular formula is C17H22N2O3. The third-order valence-corrected chi connectivity index (χ3v) is 4.99. The molecule has 2 N–H and O–H groups in total. The highest BCUT2D eigenvalue weighted by Gasteiger charge is 2.38. The van der Waals surface area contributed by atoms with Crippen molar-refractivity contribution in [2.24, 2.45) is 5.92 Å². The van der Waals surface area contributed by atoms with Crippen molar-refractivity contribution in [1.82, 2.24) is 5.32 Å². The van der Waals surface area contributed by atoms with Crippen LogP contribution in [0.1, 0.15) is 32.1 Å². The zero-order valence-electron chi connectivity index (χ0n) is 12.6. The average Bonchev–Trinajstić information content (AvgIpc) is 2.99. The summed E-state index contributed by atoms with van der Waals surface area (Å²) >= 11 is 0. The molecule has 1 aromatic carbocycles. The van der Waals surface area contributed by atoms with Crippen LogP contribution in [0.25, 0.3) is 0 Å². The molecule has 1 aromatic rings. The third kappa shape index (κ3) is 2.65. The lowest BCUT2D eigenvalue weighted by atomic mass is 9.85. The van der Waals surface area contributed by atoms with E-state index in [9.17, 15) is 4.79 Å². The quantitative estimate of drug-likeness (QED) is 0.880. The number of carbonyl (C=O) groups excluding carboxylic acids is 1. The monoisotopic (exact) mass is 302 g/mol. The van der Waals surface area contributed by atoms with Gasteiger partial charge in [-0.3, -0.25) is 4.79 Å². The Bertz CT molecular complexity index is 561. The van der Waals surface area contributed by atoms with E-state index >= 15 is 0 Å². The number of amides is 1. The van der Waals surface area contributed by atoms with Crippen LogP contribution >= 0.6 is 0 Å². The summed E-state index contributed by atoms with van der Waals surface area (Å²) < 4.78 is 11.1. The molecule has 1 saturated carbocycles. The number of benzene rings is 1. The molecule has 2 aliphatic heterocycles. The normalized spacial score (nSPS) is 29.7. The molecule has 0 spiro atoms. The van der Waals surface area contributed by atoms with Gasteiger partial charge in [0.25, 0.3) is 0 Å². The zero-order chi connectivity index (χ0) is 14.9. The molecule has 0 radical (unpaired) electrons. The first-order valence-electron chi connectivity index (χ1n) is 8.26. The summed E-state index contributed by atoms with van der Waals surface area (Å²) in [6.45, 7) is 1.13. The van der Waals surface area contributed by atoms with Gasteiger partial charge < -0.3 is 20.1 Å². The Kier molecular flexibility index (Phi) is 3.66. The fraction of sp³-hybridized carbons (Fsp3) is 0.588. The summed E-state index contributed by atoms with van der Waals surface area (Å²) in [6, 6.07) is 6.03. The summed E-state index contributed by atoms with van der Waals surface area (Å²) in [7, 11) is 0. The van der Waals surface area contributed by atoms with Crippen LogP contribution in [0.3, 0.4) is 0 Å². The first-order valence-corrected chi connectivity index (χ1v) is 8.26. The van der Waals surface area contributed by atoms with Crippen LogP contribution in [0.2, 0.25) is 0 Å². The molecule has 3 unspecified atom stereocenters. The Hall–Kier alpha value is -1.75. The Labute approximate surface area is 130 Å². The molecule has 5 nitrogen and oxygen atoms in total. The minimum absolute atomic E-state index is 0.0612. The highest BCUT2D eigenvalue weighted by molar-refractivity contribution is 5.95. The van der Waals surface area contributed by atoms with Gasteiger partial charge in [-0.1, -0.05) is 12.8 Å². The van der Waals surface area contributed by atoms with Crippen molar-refractivity contribution >= 4 is 11.6 Å². The lowest BCUT2D eigenvalue weighted by molar-refractivity contribution is -0.117. The van der Waals surface area contributed by atoms with Gasteiger partial charge in [0.15, 0.2) is 11.5 Å². The van der Waals surface area contributed by atoms with Crippen LogP contribution in [0.15, 0.2) is 18.2 Å². The summed E-state index contributed by atoms with van der Waals surface area (Å²) in [5.41, 5.74) is 0.769. The van der Waals surface area contributed by atoms with E-state index in [0.717, 1.165) is 17.9 Å². The number of hydrogen-bond acceptors (Lipinski definition) is 4. The fourth-order valence-electron chi connectivity index (χ4n) is 3.87. The SMILES string of the molecule is O=C(Nc1ccc2c(c1)OCCO2)C1CC2CCCCC2N1. The smallest absolute Gasteiger partial charge is 0.241 e. The van der Waals surface area contributed by atoms with E-state index in [1.54, 1.807) is 0 Å². The van der Waals surface area contributed by atoms with Crippen LogP contribution in [-0.2, 0) is 4.79 Å². The number of ether oxygens (including phenoxy) is 2. The number of nitrogens with one attached hydrogen (secondary N) is 2. The molecule has 1 amide bonds. The van der Waals surface area contributed by atoms with Crippen molar-refractivity contribution in [2.45, 2.75) is 44.2 Å². The zero-order valence-corrected chi connectivity index (χ0v) is 12.6. The van der Waals surface area contributed by atoms with Crippen LogP contribution in [0, 0.1) is 5.92 Å². The Balaban J connectivity index is 1.41. The second kappa shape index (κ2) is 5.80. The number of anilines is 1. The van der Waals surface area contributed by atoms with Gasteiger partial charge >= 0.3 is 0 Å². The van der Waals surface area contributed by atoms with E-state index in [4.69, 9.17) is 9.47 Å². The molecular weight excluding hydrogens is 280 g/mol. The summed E-state index contributed by atoms with van der Waals surface area (Å²) in [5.74, 6) is 2.18. The number of carbonyl (C=O) groups is 1. The maximum Gasteiger partial charge on any atom is 0.241 e. The number of rotatable bonds is 2. The van der Waals surface area contributed by atoms with E-state index in [2.05, 4.69) is 10.6 Å². The molecule has 5 heteroatoms. The summed E-state index contributed by atoms with van der Waals surface area (Å²) in [6.07, 6.45) is 6.01. The predicted octanol–water partition coefficient (Wildman–Crippen LogP) is 2.32. The first kappa shape index (κ1) is 13.9. The molecule has 0 bridgehead atoms. The highest BCUT2D eigenvalue weighted by atomic mass is 16.6. The van der Waals surface area contributed by atoms with Crippen molar-refractivity contribution in [1.29, 1.82) is 0 Å². The number of fused-ring (bicyclic) bond motifs is 2. The van der Waals surface area contributed by atoms with Crippen molar-refractivity contribution in [3.05, 3.63) is 18.2 Å². The minimum atomic E-state index is -0.0682. The van der Waals surface area contributed by atoms with E-state index < -0.39 is 0 Å². The molecule has 0 aromatic heterocycles. The van der Waals surface area contributed by atoms with Gasteiger partial charge in [0, 0.05) is 17.8 Å². The fourth-order valence-corrected chi connectivity index (χ4v) is 3.87. The Morgan fingerprint density at radius 1 is 1.14 bits per heavy atom. The molecule has 2 fully saturated rings. The van der Waals surface area contributed by atoms with Crippen molar-refractivity contribution < 1.29 is 14.3 Å². The van der Waals surface area contributed by atoms with Gasteiger partial charge in [0.1, 0.15) is 13.2 Å². The number of hydrogen-bond donors (Lipinski definition) is 2. The second-order valence-electron chi connectivity index (χ2n) is 6.45. The maximum atomic E-state index is 12.5. The lowest BCUT2D eigenvalue weighted by Crippen LogP contribution is -2.39. The molecule has 2 heterocycles. The molecule has 4 rings (SSSR count). The summed E-state index contributed by atoms with van der Waals surface area (Å²) in [4.78, 5) is 12.5. The maximum absolute atomic E-state index is 12.5. The van der Waals surface area contributed by atoms with E-state index in [1.807, 2.05) is 18.2 Å². The van der Waals surface area contributed by atoms with E-state index in [0.29, 0.717) is 30.9 Å². The third-order valence-electron chi connectivity index (χ3n) is 4.99. The van der Waals surface area contributed by atoms with Crippen molar-refractivity contribution in [2.75, 3.05) is 18.5 Å². The molecule has 3 atom stereocenters. The van der Waals surface area contributed by atoms with Gasteiger partial charge in [-0.2, -0.15) is 0 Å². The molecule has 118 valence electrons. The van der Waals surface area contributed by atoms with Crippen LogP contribution in [0.5, 0.6) is 11.5 Å². The van der Waals surface area contributed by atoms with E-state index in [-0.39, 0.29) is 11.9 Å². The topological polar surface area (TPSA) is 59.6 Å². The molecule has 3 aliphatic rings. The van der Waals surface area contributed by atoms with Crippen LogP contribution in [0.4, 0.5) is 5.69 Å². The van der Waals surface area contributed by atoms with Crippen molar-refractivity contribution in [3.8, 4) is 11.5 Å². The summed E-state index contributed by atoms with van der Waals surface area (Å²) in [5, 5.41) is 6.51. The standard InChI is InChI=1S/C17H22N2O3/c20-17(14-9-11-3-1-2-4-13(11)19-14)18-12-5-6-15-16(10-12)22-8-7-21-15/h5-6,10-11,13-14,19H,1-4,7-9H2,(H,18,20). The predicted molar refractivity (Wildman–Crippen MR) is 83.3 cm³/mol.